The highest BCUT2D eigenvalue weighted by atomic mass is 32.2. The van der Waals surface area contributed by atoms with E-state index in [9.17, 15) is 18.0 Å². The first kappa shape index (κ1) is 17.4. The van der Waals surface area contributed by atoms with Gasteiger partial charge in [-0.05, 0) is 43.2 Å². The highest BCUT2D eigenvalue weighted by Crippen LogP contribution is 2.23. The van der Waals surface area contributed by atoms with Gasteiger partial charge in [-0.1, -0.05) is 24.3 Å². The normalized spacial score (nSPS) is 14.2. The van der Waals surface area contributed by atoms with E-state index in [1.807, 2.05) is 0 Å². The Morgan fingerprint density at radius 3 is 2.59 bits per heavy atom. The third kappa shape index (κ3) is 3.76. The first-order valence-corrected chi connectivity index (χ1v) is 9.87. The molecule has 0 bridgehead atoms. The Morgan fingerprint density at radius 1 is 1.04 bits per heavy atom. The molecule has 1 fully saturated rings. The van der Waals surface area contributed by atoms with E-state index in [2.05, 4.69) is 10.0 Å². The number of amides is 1. The Morgan fingerprint density at radius 2 is 1.81 bits per heavy atom. The highest BCUT2D eigenvalue weighted by molar-refractivity contribution is 7.89. The van der Waals surface area contributed by atoms with Gasteiger partial charge in [0.2, 0.25) is 10.0 Å². The fourth-order valence-electron chi connectivity index (χ4n) is 2.65. The van der Waals surface area contributed by atoms with Crippen LogP contribution in [0.2, 0.25) is 0 Å². The molecule has 0 aliphatic heterocycles. The molecule has 4 rings (SSSR count). The van der Waals surface area contributed by atoms with E-state index in [1.165, 1.54) is 24.3 Å². The van der Waals surface area contributed by atoms with Crippen LogP contribution in [0.15, 0.2) is 68.7 Å². The highest BCUT2D eigenvalue weighted by Gasteiger charge is 2.28. The molecule has 0 saturated heterocycles. The van der Waals surface area contributed by atoms with Crippen LogP contribution in [0.4, 0.5) is 5.69 Å². The van der Waals surface area contributed by atoms with E-state index < -0.39 is 21.6 Å². The molecule has 2 aromatic carbocycles. The fourth-order valence-corrected chi connectivity index (χ4v) is 4.00. The van der Waals surface area contributed by atoms with E-state index >= 15 is 0 Å². The lowest BCUT2D eigenvalue weighted by molar-refractivity contribution is 0.102. The number of para-hydroxylation sites is 1. The molecular formula is C19H16N2O5S. The summed E-state index contributed by atoms with van der Waals surface area (Å²) in [6, 6.07) is 14.2. The second-order valence-corrected chi connectivity index (χ2v) is 8.08. The molecule has 1 aromatic heterocycles. The number of nitrogens with one attached hydrogen (secondary N) is 2. The minimum atomic E-state index is -3.64. The van der Waals surface area contributed by atoms with E-state index in [1.54, 1.807) is 30.3 Å². The van der Waals surface area contributed by atoms with Gasteiger partial charge in [0, 0.05) is 17.1 Å². The molecule has 27 heavy (non-hydrogen) atoms. The number of hydrogen-bond acceptors (Lipinski definition) is 5. The topological polar surface area (TPSA) is 105 Å². The zero-order valence-electron chi connectivity index (χ0n) is 14.1. The lowest BCUT2D eigenvalue weighted by Gasteiger charge is -2.09. The molecule has 3 aromatic rings. The first-order chi connectivity index (χ1) is 12.9. The molecule has 1 aliphatic rings. The largest absolute Gasteiger partial charge is 0.422 e. The lowest BCUT2D eigenvalue weighted by atomic mass is 10.1. The van der Waals surface area contributed by atoms with Crippen molar-refractivity contribution in [1.82, 2.24) is 4.72 Å². The average molecular weight is 384 g/mol. The van der Waals surface area contributed by atoms with Crippen molar-refractivity contribution in [2.45, 2.75) is 23.8 Å². The van der Waals surface area contributed by atoms with Gasteiger partial charge in [-0.3, -0.25) is 4.79 Å². The quantitative estimate of drug-likeness (QED) is 0.658. The minimum absolute atomic E-state index is 0.0181. The summed E-state index contributed by atoms with van der Waals surface area (Å²) < 4.78 is 32.3. The number of fused-ring (bicyclic) bond motifs is 1. The second-order valence-electron chi connectivity index (χ2n) is 6.36. The standard InChI is InChI=1S/C19H16N2O5S/c22-18(16-10-12-4-1-2-7-17(12)26-19(16)23)20-14-5-3-6-15(11-14)27(24,25)21-13-8-9-13/h1-7,10-11,13,21H,8-9H2,(H,20,22). The Balaban J connectivity index is 1.61. The fraction of sp³-hybridized carbons (Fsp3) is 0.158. The molecule has 8 heteroatoms. The number of benzene rings is 2. The van der Waals surface area contributed by atoms with Crippen molar-refractivity contribution in [3.63, 3.8) is 0 Å². The lowest BCUT2D eigenvalue weighted by Crippen LogP contribution is -2.26. The van der Waals surface area contributed by atoms with Crippen LogP contribution in [0.25, 0.3) is 11.0 Å². The molecule has 2 N–H and O–H groups in total. The predicted molar refractivity (Wildman–Crippen MR) is 100 cm³/mol. The third-order valence-electron chi connectivity index (χ3n) is 4.19. The van der Waals surface area contributed by atoms with Gasteiger partial charge in [-0.25, -0.2) is 17.9 Å². The Labute approximate surface area is 155 Å². The van der Waals surface area contributed by atoms with Crippen molar-refractivity contribution < 1.29 is 17.6 Å². The Bertz CT molecular complexity index is 1200. The van der Waals surface area contributed by atoms with Crippen LogP contribution in [-0.4, -0.2) is 20.4 Å². The molecule has 1 aliphatic carbocycles. The zero-order chi connectivity index (χ0) is 19.0. The summed E-state index contributed by atoms with van der Waals surface area (Å²) in [4.78, 5) is 24.6. The molecular weight excluding hydrogens is 368 g/mol. The van der Waals surface area contributed by atoms with Crippen LogP contribution in [0.1, 0.15) is 23.2 Å². The number of carbonyl (C=O) groups excluding carboxylic acids is 1. The summed E-state index contributed by atoms with van der Waals surface area (Å²) in [5, 5.41) is 3.17. The maximum absolute atomic E-state index is 12.5. The molecule has 138 valence electrons. The van der Waals surface area contributed by atoms with Crippen molar-refractivity contribution in [3.05, 3.63) is 70.6 Å². The van der Waals surface area contributed by atoms with E-state index in [4.69, 9.17) is 4.42 Å². The molecule has 0 spiro atoms. The van der Waals surface area contributed by atoms with E-state index in [0.717, 1.165) is 12.8 Å². The summed E-state index contributed by atoms with van der Waals surface area (Å²) in [7, 11) is -3.64. The van der Waals surface area contributed by atoms with Gasteiger partial charge in [0.05, 0.1) is 4.90 Å². The van der Waals surface area contributed by atoms with Gasteiger partial charge in [0.15, 0.2) is 0 Å². The number of anilines is 1. The Kier molecular flexibility index (Phi) is 4.29. The van der Waals surface area contributed by atoms with Crippen molar-refractivity contribution in [3.8, 4) is 0 Å². The van der Waals surface area contributed by atoms with Crippen LogP contribution in [-0.2, 0) is 10.0 Å². The summed E-state index contributed by atoms with van der Waals surface area (Å²) >= 11 is 0. The monoisotopic (exact) mass is 384 g/mol. The van der Waals surface area contributed by atoms with E-state index in [-0.39, 0.29) is 22.2 Å². The number of sulfonamides is 1. The van der Waals surface area contributed by atoms with Crippen LogP contribution in [0.3, 0.4) is 0 Å². The first-order valence-electron chi connectivity index (χ1n) is 8.39. The zero-order valence-corrected chi connectivity index (χ0v) is 15.0. The summed E-state index contributed by atoms with van der Waals surface area (Å²) in [5.74, 6) is -0.667. The maximum atomic E-state index is 12.5. The molecule has 7 nitrogen and oxygen atoms in total. The minimum Gasteiger partial charge on any atom is -0.422 e. The van der Waals surface area contributed by atoms with Gasteiger partial charge in [0.25, 0.3) is 5.91 Å². The molecule has 0 atom stereocenters. The van der Waals surface area contributed by atoms with Crippen molar-refractivity contribution in [1.29, 1.82) is 0 Å². The van der Waals surface area contributed by atoms with Crippen molar-refractivity contribution >= 4 is 32.6 Å². The molecule has 1 amide bonds. The van der Waals surface area contributed by atoms with E-state index in [0.29, 0.717) is 11.0 Å². The maximum Gasteiger partial charge on any atom is 0.349 e. The van der Waals surface area contributed by atoms with Crippen molar-refractivity contribution in [2.75, 3.05) is 5.32 Å². The SMILES string of the molecule is O=C(Nc1cccc(S(=O)(=O)NC2CC2)c1)c1cc2ccccc2oc1=O. The van der Waals surface area contributed by atoms with Crippen LogP contribution < -0.4 is 15.7 Å². The summed E-state index contributed by atoms with van der Waals surface area (Å²) in [6.45, 7) is 0. The molecule has 0 unspecified atom stereocenters. The van der Waals surface area contributed by atoms with Crippen LogP contribution in [0.5, 0.6) is 0 Å². The van der Waals surface area contributed by atoms with Crippen molar-refractivity contribution in [2.24, 2.45) is 0 Å². The van der Waals surface area contributed by atoms with Crippen LogP contribution >= 0.6 is 0 Å². The van der Waals surface area contributed by atoms with Gasteiger partial charge in [0.1, 0.15) is 11.1 Å². The number of rotatable bonds is 5. The molecule has 0 radical (unpaired) electrons. The van der Waals surface area contributed by atoms with Gasteiger partial charge in [-0.2, -0.15) is 0 Å². The number of carbonyl (C=O) groups is 1. The summed E-state index contributed by atoms with van der Waals surface area (Å²) in [6.07, 6.45) is 1.65. The van der Waals surface area contributed by atoms with Gasteiger partial charge < -0.3 is 9.73 Å². The average Bonchev–Trinajstić information content (AvgIpc) is 3.44. The predicted octanol–water partition coefficient (Wildman–Crippen LogP) is 2.49. The van der Waals surface area contributed by atoms with Gasteiger partial charge in [-0.15, -0.1) is 0 Å². The molecule has 1 heterocycles. The third-order valence-corrected chi connectivity index (χ3v) is 5.71. The smallest absolute Gasteiger partial charge is 0.349 e. The Hall–Kier alpha value is -2.97. The second kappa shape index (κ2) is 6.64. The number of hydrogen-bond donors (Lipinski definition) is 2. The van der Waals surface area contributed by atoms with Crippen LogP contribution in [0, 0.1) is 0 Å². The summed E-state index contributed by atoms with van der Waals surface area (Å²) in [5.41, 5.74) is -0.257. The van der Waals surface area contributed by atoms with Gasteiger partial charge >= 0.3 is 5.63 Å². The molecule has 1 saturated carbocycles.